The van der Waals surface area contributed by atoms with Gasteiger partial charge in [-0.1, -0.05) is 6.07 Å². The summed E-state index contributed by atoms with van der Waals surface area (Å²) in [5.74, 6) is 0. The molecule has 1 fully saturated rings. The van der Waals surface area contributed by atoms with Crippen LogP contribution in [0.3, 0.4) is 0 Å². The van der Waals surface area contributed by atoms with Crippen LogP contribution in [0.25, 0.3) is 5.57 Å². The van der Waals surface area contributed by atoms with Gasteiger partial charge in [0.2, 0.25) is 0 Å². The molecular weight excluding hydrogens is 274 g/mol. The summed E-state index contributed by atoms with van der Waals surface area (Å²) < 4.78 is 0. The lowest BCUT2D eigenvalue weighted by atomic mass is 10.1. The van der Waals surface area contributed by atoms with Crippen LogP contribution >= 0.6 is 0 Å². The van der Waals surface area contributed by atoms with Gasteiger partial charge in [-0.25, -0.2) is 0 Å². The van der Waals surface area contributed by atoms with E-state index in [1.165, 1.54) is 31.3 Å². The monoisotopic (exact) mass is 301 g/mol. The minimum atomic E-state index is 0.629. The van der Waals surface area contributed by atoms with Gasteiger partial charge in [-0.15, -0.1) is 0 Å². The molecule has 0 aromatic carbocycles. The summed E-state index contributed by atoms with van der Waals surface area (Å²) in [6, 6.07) is 4.06. The number of hydrogen-bond donors (Lipinski definition) is 2. The number of rotatable bonds is 5. The molecule has 1 aromatic heterocycles. The Morgan fingerprint density at radius 3 is 2.77 bits per heavy atom. The smallest absolute Gasteiger partial charge is 0.0734 e. The van der Waals surface area contributed by atoms with Crippen LogP contribution in [-0.4, -0.2) is 60.8 Å². The maximum absolute atomic E-state index is 7.42. The zero-order chi connectivity index (χ0) is 15.9. The molecule has 0 spiro atoms. The highest BCUT2D eigenvalue weighted by Gasteiger charge is 2.11. The molecule has 0 aliphatic carbocycles. The molecule has 0 bridgehead atoms. The zero-order valence-electron chi connectivity index (χ0n) is 13.7. The molecule has 2 rings (SSSR count). The minimum Gasteiger partial charge on any atom is -0.402 e. The van der Waals surface area contributed by atoms with E-state index in [1.807, 2.05) is 12.3 Å². The third-order valence-electron chi connectivity index (χ3n) is 4.20. The first-order valence-electron chi connectivity index (χ1n) is 7.93. The quantitative estimate of drug-likeness (QED) is 0.811. The second kappa shape index (κ2) is 8.06. The molecule has 5 nitrogen and oxygen atoms in total. The van der Waals surface area contributed by atoms with Gasteiger partial charge in [0.1, 0.15) is 0 Å². The number of nitrogens with zero attached hydrogens (tertiary/aromatic N) is 3. The number of nitrogens with two attached hydrogens (primary N) is 1. The van der Waals surface area contributed by atoms with Crippen molar-refractivity contribution in [2.24, 2.45) is 5.73 Å². The summed E-state index contributed by atoms with van der Waals surface area (Å²) in [6.45, 7) is 7.56. The lowest BCUT2D eigenvalue weighted by molar-refractivity contribution is 0.279. The van der Waals surface area contributed by atoms with Gasteiger partial charge in [0.05, 0.1) is 5.69 Å². The molecule has 1 aliphatic rings. The molecule has 3 N–H and O–H groups in total. The van der Waals surface area contributed by atoms with Crippen molar-refractivity contribution in [3.05, 3.63) is 35.3 Å². The molecule has 22 heavy (non-hydrogen) atoms. The average molecular weight is 301 g/mol. The zero-order valence-corrected chi connectivity index (χ0v) is 13.7. The van der Waals surface area contributed by atoms with Crippen molar-refractivity contribution >= 4 is 11.8 Å². The van der Waals surface area contributed by atoms with E-state index in [0.717, 1.165) is 31.7 Å². The Kier molecular flexibility index (Phi) is 6.10. The number of aromatic nitrogens is 1. The largest absolute Gasteiger partial charge is 0.402 e. The van der Waals surface area contributed by atoms with Crippen molar-refractivity contribution in [2.45, 2.75) is 19.8 Å². The Balaban J connectivity index is 1.91. The van der Waals surface area contributed by atoms with Crippen LogP contribution < -0.4 is 5.73 Å². The fraction of sp³-hybridized carbons (Fsp3) is 0.529. The van der Waals surface area contributed by atoms with Crippen LogP contribution in [0.4, 0.5) is 0 Å². The lowest BCUT2D eigenvalue weighted by Gasteiger charge is -2.19. The van der Waals surface area contributed by atoms with Crippen molar-refractivity contribution < 1.29 is 0 Å². The van der Waals surface area contributed by atoms with Gasteiger partial charge in [-0.05, 0) is 51.5 Å². The van der Waals surface area contributed by atoms with Gasteiger partial charge >= 0.3 is 0 Å². The Bertz CT molecular complexity index is 516. The Morgan fingerprint density at radius 1 is 1.32 bits per heavy atom. The highest BCUT2D eigenvalue weighted by molar-refractivity contribution is 6.08. The number of hydrogen-bond acceptors (Lipinski definition) is 5. The van der Waals surface area contributed by atoms with E-state index < -0.39 is 0 Å². The number of pyridine rings is 1. The van der Waals surface area contributed by atoms with Crippen molar-refractivity contribution in [1.29, 1.82) is 5.41 Å². The fourth-order valence-corrected chi connectivity index (χ4v) is 2.73. The average Bonchev–Trinajstić information content (AvgIpc) is 2.71. The maximum Gasteiger partial charge on any atom is 0.0734 e. The van der Waals surface area contributed by atoms with E-state index in [4.69, 9.17) is 11.1 Å². The van der Waals surface area contributed by atoms with Crippen LogP contribution in [0, 0.1) is 5.41 Å². The van der Waals surface area contributed by atoms with Crippen molar-refractivity contribution in [3.63, 3.8) is 0 Å². The minimum absolute atomic E-state index is 0.629. The predicted octanol–water partition coefficient (Wildman–Crippen LogP) is 1.60. The van der Waals surface area contributed by atoms with E-state index in [2.05, 4.69) is 27.9 Å². The van der Waals surface area contributed by atoms with Gasteiger partial charge in [0, 0.05) is 43.3 Å². The molecular formula is C17H27N5. The normalized spacial score (nSPS) is 18.6. The van der Waals surface area contributed by atoms with Crippen LogP contribution in [0.5, 0.6) is 0 Å². The second-order valence-electron chi connectivity index (χ2n) is 6.04. The van der Waals surface area contributed by atoms with Crippen molar-refractivity contribution in [3.8, 4) is 0 Å². The van der Waals surface area contributed by atoms with E-state index in [9.17, 15) is 0 Å². The van der Waals surface area contributed by atoms with Crippen molar-refractivity contribution in [1.82, 2.24) is 14.8 Å². The van der Waals surface area contributed by atoms with E-state index in [0.29, 0.717) is 11.3 Å². The summed E-state index contributed by atoms with van der Waals surface area (Å²) in [5.41, 5.74) is 9.11. The topological polar surface area (TPSA) is 69.2 Å². The Hall–Kier alpha value is -1.72. The second-order valence-corrected chi connectivity index (χ2v) is 6.04. The SMILES string of the molecule is C/C(N)=C(\C=N)c1ccc(CCN2CCCN(C)CC2)cn1. The van der Waals surface area contributed by atoms with E-state index >= 15 is 0 Å². The first-order valence-corrected chi connectivity index (χ1v) is 7.93. The molecule has 1 saturated heterocycles. The maximum atomic E-state index is 7.42. The summed E-state index contributed by atoms with van der Waals surface area (Å²) in [5, 5.41) is 7.42. The van der Waals surface area contributed by atoms with Gasteiger partial charge in [-0.3, -0.25) is 4.98 Å². The third-order valence-corrected chi connectivity index (χ3v) is 4.20. The van der Waals surface area contributed by atoms with Crippen LogP contribution in [0.15, 0.2) is 24.0 Å². The molecule has 0 unspecified atom stereocenters. The number of allylic oxidation sites excluding steroid dienone is 2. The molecule has 0 radical (unpaired) electrons. The summed E-state index contributed by atoms with van der Waals surface area (Å²) in [6.07, 6.45) is 5.44. The molecule has 0 amide bonds. The number of nitrogens with one attached hydrogen (secondary N) is 1. The lowest BCUT2D eigenvalue weighted by Crippen LogP contribution is -2.30. The standard InChI is InChI=1S/C17H27N5/c1-14(19)16(12-18)17-5-4-15(13-20-17)6-9-22-8-3-7-21(2)10-11-22/h4-5,12-13,18H,3,6-11,19H2,1-2H3/b16-14-,18-12?. The molecule has 1 aliphatic heterocycles. The molecule has 1 aromatic rings. The van der Waals surface area contributed by atoms with Gasteiger partial charge in [0.15, 0.2) is 0 Å². The first kappa shape index (κ1) is 16.6. The van der Waals surface area contributed by atoms with Crippen molar-refractivity contribution in [2.75, 3.05) is 39.8 Å². The number of likely N-dealkylation sites (N-methyl/N-ethyl adjacent to an activating group) is 1. The highest BCUT2D eigenvalue weighted by Crippen LogP contribution is 2.13. The fourth-order valence-electron chi connectivity index (χ4n) is 2.73. The third kappa shape index (κ3) is 4.64. The van der Waals surface area contributed by atoms with Crippen LogP contribution in [-0.2, 0) is 6.42 Å². The molecule has 0 saturated carbocycles. The van der Waals surface area contributed by atoms with Gasteiger partial charge in [0.25, 0.3) is 0 Å². The van der Waals surface area contributed by atoms with Crippen LogP contribution in [0.2, 0.25) is 0 Å². The van der Waals surface area contributed by atoms with Gasteiger partial charge in [-0.2, -0.15) is 0 Å². The Morgan fingerprint density at radius 2 is 2.14 bits per heavy atom. The summed E-state index contributed by atoms with van der Waals surface area (Å²) >= 11 is 0. The molecule has 0 atom stereocenters. The van der Waals surface area contributed by atoms with Gasteiger partial charge < -0.3 is 20.9 Å². The molecule has 5 heteroatoms. The summed E-state index contributed by atoms with van der Waals surface area (Å²) in [7, 11) is 2.19. The molecule has 2 heterocycles. The summed E-state index contributed by atoms with van der Waals surface area (Å²) in [4.78, 5) is 9.38. The van der Waals surface area contributed by atoms with E-state index in [-0.39, 0.29) is 0 Å². The Labute approximate surface area is 133 Å². The predicted molar refractivity (Wildman–Crippen MR) is 92.1 cm³/mol. The first-order chi connectivity index (χ1) is 10.6. The van der Waals surface area contributed by atoms with E-state index in [1.54, 1.807) is 6.92 Å². The molecule has 120 valence electrons. The van der Waals surface area contributed by atoms with Crippen LogP contribution in [0.1, 0.15) is 24.6 Å². The highest BCUT2D eigenvalue weighted by atomic mass is 15.2.